The van der Waals surface area contributed by atoms with Crippen LogP contribution in [0, 0.1) is 6.92 Å². The summed E-state index contributed by atoms with van der Waals surface area (Å²) in [6, 6.07) is 5.50. The molecule has 0 saturated heterocycles. The molecule has 6 heteroatoms. The summed E-state index contributed by atoms with van der Waals surface area (Å²) in [5.74, 6) is 1.76. The van der Waals surface area contributed by atoms with Crippen LogP contribution in [0.2, 0.25) is 5.02 Å². The van der Waals surface area contributed by atoms with E-state index in [-0.39, 0.29) is 5.91 Å². The van der Waals surface area contributed by atoms with Gasteiger partial charge in [0.25, 0.3) is 5.91 Å². The number of carbonyl (C=O) groups excluding carboxylic acids is 1. The van der Waals surface area contributed by atoms with Crippen LogP contribution >= 0.6 is 11.6 Å². The van der Waals surface area contributed by atoms with E-state index in [4.69, 9.17) is 25.8 Å². The topological polar surface area (TPSA) is 56.8 Å². The number of rotatable bonds is 3. The zero-order chi connectivity index (χ0) is 17.6. The minimum Gasteiger partial charge on any atom is -0.495 e. The summed E-state index contributed by atoms with van der Waals surface area (Å²) in [5, 5.41) is 3.54. The zero-order valence-corrected chi connectivity index (χ0v) is 14.8. The number of ether oxygens (including phenoxy) is 3. The van der Waals surface area contributed by atoms with Crippen LogP contribution in [0.1, 0.15) is 27.0 Å². The third kappa shape index (κ3) is 2.68. The zero-order valence-electron chi connectivity index (χ0n) is 14.1. The maximum absolute atomic E-state index is 13.1. The number of halogens is 1. The Balaban J connectivity index is 1.75. The molecule has 0 saturated carbocycles. The average molecular weight is 360 g/mol. The lowest BCUT2D eigenvalue weighted by atomic mass is 9.99. The van der Waals surface area contributed by atoms with E-state index in [1.165, 1.54) is 0 Å². The van der Waals surface area contributed by atoms with Crippen molar-refractivity contribution in [3.05, 3.63) is 45.5 Å². The van der Waals surface area contributed by atoms with Crippen molar-refractivity contribution in [1.29, 1.82) is 0 Å². The predicted octanol–water partition coefficient (Wildman–Crippen LogP) is 3.78. The molecule has 2 aliphatic rings. The minimum absolute atomic E-state index is 0.222. The molecule has 0 aromatic heterocycles. The molecule has 1 amide bonds. The fraction of sp³-hybridized carbons (Fsp3) is 0.316. The van der Waals surface area contributed by atoms with Gasteiger partial charge in [-0.05, 0) is 24.6 Å². The Kier molecular flexibility index (Phi) is 3.96. The molecule has 0 radical (unpaired) electrons. The van der Waals surface area contributed by atoms with Gasteiger partial charge in [0.15, 0.2) is 0 Å². The van der Waals surface area contributed by atoms with E-state index >= 15 is 0 Å². The molecule has 4 rings (SSSR count). The van der Waals surface area contributed by atoms with E-state index in [9.17, 15) is 4.79 Å². The van der Waals surface area contributed by atoms with Crippen molar-refractivity contribution in [3.8, 4) is 17.2 Å². The smallest absolute Gasteiger partial charge is 0.259 e. The van der Waals surface area contributed by atoms with Crippen LogP contribution in [0.15, 0.2) is 18.2 Å². The Morgan fingerprint density at radius 2 is 2.00 bits per heavy atom. The molecule has 0 aliphatic carbocycles. The number of hydrogen-bond donors (Lipinski definition) is 1. The average Bonchev–Trinajstić information content (AvgIpc) is 3.23. The van der Waals surface area contributed by atoms with Crippen molar-refractivity contribution < 1.29 is 19.0 Å². The van der Waals surface area contributed by atoms with Gasteiger partial charge in [-0.3, -0.25) is 4.79 Å². The van der Waals surface area contributed by atoms with Crippen LogP contribution in [-0.4, -0.2) is 26.2 Å². The Bertz CT molecular complexity index is 846. The molecule has 0 spiro atoms. The molecule has 2 heterocycles. The van der Waals surface area contributed by atoms with Crippen molar-refractivity contribution in [3.63, 3.8) is 0 Å². The number of hydrogen-bond acceptors (Lipinski definition) is 4. The summed E-state index contributed by atoms with van der Waals surface area (Å²) >= 11 is 6.14. The largest absolute Gasteiger partial charge is 0.495 e. The number of anilines is 1. The highest BCUT2D eigenvalue weighted by molar-refractivity contribution is 6.31. The van der Waals surface area contributed by atoms with Gasteiger partial charge in [0.05, 0.1) is 31.6 Å². The Labute approximate surface area is 150 Å². The van der Waals surface area contributed by atoms with Crippen LogP contribution in [-0.2, 0) is 12.8 Å². The lowest BCUT2D eigenvalue weighted by Gasteiger charge is -2.15. The maximum Gasteiger partial charge on any atom is 0.259 e. The molecule has 5 nitrogen and oxygen atoms in total. The normalized spacial score (nSPS) is 14.4. The molecule has 1 N–H and O–H groups in total. The van der Waals surface area contributed by atoms with Crippen molar-refractivity contribution in [2.75, 3.05) is 25.6 Å². The Morgan fingerprint density at radius 3 is 2.80 bits per heavy atom. The van der Waals surface area contributed by atoms with Gasteiger partial charge in [-0.15, -0.1) is 0 Å². The number of aryl methyl sites for hydroxylation is 1. The van der Waals surface area contributed by atoms with Crippen molar-refractivity contribution in [1.82, 2.24) is 0 Å². The fourth-order valence-electron chi connectivity index (χ4n) is 3.34. The van der Waals surface area contributed by atoms with Gasteiger partial charge in [0, 0.05) is 35.1 Å². The molecule has 2 aromatic rings. The quantitative estimate of drug-likeness (QED) is 0.906. The first-order valence-corrected chi connectivity index (χ1v) is 8.56. The van der Waals surface area contributed by atoms with E-state index in [2.05, 4.69) is 5.32 Å². The Hall–Kier alpha value is -2.40. The molecule has 130 valence electrons. The molecule has 2 aliphatic heterocycles. The molecule has 0 fully saturated rings. The second-order valence-electron chi connectivity index (χ2n) is 6.17. The van der Waals surface area contributed by atoms with E-state index in [1.807, 2.05) is 13.0 Å². The highest BCUT2D eigenvalue weighted by Gasteiger charge is 2.30. The minimum atomic E-state index is -0.222. The summed E-state index contributed by atoms with van der Waals surface area (Å²) in [5.41, 5.74) is 3.93. The van der Waals surface area contributed by atoms with E-state index < -0.39 is 0 Å². The molecular weight excluding hydrogens is 342 g/mol. The summed E-state index contributed by atoms with van der Waals surface area (Å²) in [4.78, 5) is 13.1. The van der Waals surface area contributed by atoms with Gasteiger partial charge < -0.3 is 19.5 Å². The van der Waals surface area contributed by atoms with Crippen molar-refractivity contribution in [2.45, 2.75) is 19.8 Å². The second-order valence-corrected chi connectivity index (χ2v) is 6.58. The van der Waals surface area contributed by atoms with Gasteiger partial charge in [0.2, 0.25) is 0 Å². The highest BCUT2D eigenvalue weighted by atomic mass is 35.5. The SMILES string of the molecule is COc1cc(Cl)c(C)cc1NC(=O)c1c2c(cc3c1OCC3)OCC2. The van der Waals surface area contributed by atoms with E-state index in [0.717, 1.165) is 28.9 Å². The first kappa shape index (κ1) is 16.1. The van der Waals surface area contributed by atoms with Gasteiger partial charge >= 0.3 is 0 Å². The van der Waals surface area contributed by atoms with Gasteiger partial charge in [0.1, 0.15) is 17.2 Å². The van der Waals surface area contributed by atoms with Gasteiger partial charge in [-0.2, -0.15) is 0 Å². The van der Waals surface area contributed by atoms with Crippen LogP contribution in [0.4, 0.5) is 5.69 Å². The lowest BCUT2D eigenvalue weighted by Crippen LogP contribution is -2.16. The highest BCUT2D eigenvalue weighted by Crippen LogP contribution is 2.41. The molecule has 2 aromatic carbocycles. The summed E-state index contributed by atoms with van der Waals surface area (Å²) in [6.07, 6.45) is 1.49. The number of benzene rings is 2. The second kappa shape index (κ2) is 6.15. The van der Waals surface area contributed by atoms with E-state index in [0.29, 0.717) is 47.4 Å². The number of methoxy groups -OCH3 is 1. The van der Waals surface area contributed by atoms with Crippen molar-refractivity contribution in [2.24, 2.45) is 0 Å². The molecule has 25 heavy (non-hydrogen) atoms. The van der Waals surface area contributed by atoms with Crippen molar-refractivity contribution >= 4 is 23.2 Å². The summed E-state index contributed by atoms with van der Waals surface area (Å²) in [7, 11) is 1.55. The molecule has 0 unspecified atom stereocenters. The van der Waals surface area contributed by atoms with Crippen LogP contribution in [0.3, 0.4) is 0 Å². The molecule has 0 atom stereocenters. The third-order valence-electron chi connectivity index (χ3n) is 4.61. The van der Waals surface area contributed by atoms with Gasteiger partial charge in [-0.1, -0.05) is 11.6 Å². The number of carbonyl (C=O) groups is 1. The fourth-order valence-corrected chi connectivity index (χ4v) is 3.49. The number of amides is 1. The van der Waals surface area contributed by atoms with E-state index in [1.54, 1.807) is 19.2 Å². The first-order valence-electron chi connectivity index (χ1n) is 8.18. The van der Waals surface area contributed by atoms with Crippen LogP contribution < -0.4 is 19.5 Å². The maximum atomic E-state index is 13.1. The monoisotopic (exact) mass is 359 g/mol. The summed E-state index contributed by atoms with van der Waals surface area (Å²) in [6.45, 7) is 3.05. The first-order chi connectivity index (χ1) is 12.1. The molecule has 0 bridgehead atoms. The summed E-state index contributed by atoms with van der Waals surface area (Å²) < 4.78 is 16.8. The number of fused-ring (bicyclic) bond motifs is 2. The van der Waals surface area contributed by atoms with Crippen LogP contribution in [0.25, 0.3) is 0 Å². The standard InChI is InChI=1S/C19H18ClNO4/c1-10-7-14(16(23-2)9-13(10)20)21-19(22)17-12-4-6-24-15(12)8-11-3-5-25-18(11)17/h7-9H,3-6H2,1-2H3,(H,21,22). The Morgan fingerprint density at radius 1 is 1.20 bits per heavy atom. The van der Waals surface area contributed by atoms with Crippen LogP contribution in [0.5, 0.6) is 17.2 Å². The predicted molar refractivity (Wildman–Crippen MR) is 95.5 cm³/mol. The van der Waals surface area contributed by atoms with Gasteiger partial charge in [-0.25, -0.2) is 0 Å². The third-order valence-corrected chi connectivity index (χ3v) is 5.01. The molecular formula is C19H18ClNO4. The lowest BCUT2D eigenvalue weighted by molar-refractivity contribution is 0.102. The number of nitrogens with one attached hydrogen (secondary N) is 1.